The molecular weight excluding hydrogens is 367 g/mol. The van der Waals surface area contributed by atoms with Crippen molar-refractivity contribution in [2.45, 2.75) is 51.7 Å². The molecule has 28 heavy (non-hydrogen) atoms. The molecule has 1 heterocycles. The Bertz CT molecular complexity index is 770. The van der Waals surface area contributed by atoms with Gasteiger partial charge in [0.25, 0.3) is 5.91 Å². The summed E-state index contributed by atoms with van der Waals surface area (Å²) in [5.74, 6) is -3.22. The molecule has 1 saturated heterocycles. The number of anilines is 1. The number of halogens is 1. The lowest BCUT2D eigenvalue weighted by Gasteiger charge is -2.23. The maximum atomic E-state index is 12.9. The monoisotopic (exact) mass is 390 g/mol. The molecule has 1 aliphatic carbocycles. The van der Waals surface area contributed by atoms with Gasteiger partial charge in [0.15, 0.2) is 6.10 Å². The van der Waals surface area contributed by atoms with Gasteiger partial charge in [0.05, 0.1) is 11.8 Å². The molecule has 4 atom stereocenters. The minimum atomic E-state index is -1.14. The minimum absolute atomic E-state index is 0.331. The zero-order valence-corrected chi connectivity index (χ0v) is 15.8. The van der Waals surface area contributed by atoms with Gasteiger partial charge >= 0.3 is 5.97 Å². The summed E-state index contributed by atoms with van der Waals surface area (Å²) in [6.45, 7) is 2.82. The van der Waals surface area contributed by atoms with Gasteiger partial charge in [-0.3, -0.25) is 19.3 Å². The SMILES string of the molecule is C[C@@H](OC(=O)[C@H](C)N1C(=O)[C@H]2CCCC[C@@H]2C1=O)C(=O)Nc1ccc(F)cc1. The zero-order valence-electron chi connectivity index (χ0n) is 15.8. The number of amides is 3. The van der Waals surface area contributed by atoms with E-state index in [1.54, 1.807) is 0 Å². The molecule has 1 aliphatic heterocycles. The average Bonchev–Trinajstić information content (AvgIpc) is 2.93. The smallest absolute Gasteiger partial charge is 0.329 e. The molecular formula is C20H23FN2O5. The third kappa shape index (κ3) is 3.90. The Balaban J connectivity index is 1.60. The number of benzene rings is 1. The number of carbonyl (C=O) groups is 4. The van der Waals surface area contributed by atoms with Crippen LogP contribution in [0.2, 0.25) is 0 Å². The van der Waals surface area contributed by atoms with E-state index in [4.69, 9.17) is 4.74 Å². The maximum absolute atomic E-state index is 12.9. The van der Waals surface area contributed by atoms with Crippen LogP contribution in [-0.2, 0) is 23.9 Å². The quantitative estimate of drug-likeness (QED) is 0.615. The van der Waals surface area contributed by atoms with Crippen LogP contribution in [0.15, 0.2) is 24.3 Å². The van der Waals surface area contributed by atoms with E-state index in [1.165, 1.54) is 38.1 Å². The van der Waals surface area contributed by atoms with Crippen molar-refractivity contribution in [1.82, 2.24) is 4.90 Å². The number of nitrogens with one attached hydrogen (secondary N) is 1. The van der Waals surface area contributed by atoms with Crippen molar-refractivity contribution in [2.24, 2.45) is 11.8 Å². The van der Waals surface area contributed by atoms with Gasteiger partial charge in [-0.05, 0) is 51.0 Å². The first-order valence-electron chi connectivity index (χ1n) is 9.43. The number of hydrogen-bond acceptors (Lipinski definition) is 5. The van der Waals surface area contributed by atoms with Crippen molar-refractivity contribution in [3.05, 3.63) is 30.1 Å². The molecule has 3 amide bonds. The standard InChI is InChI=1S/C20H23FN2O5/c1-11(23-18(25)15-5-3-4-6-16(15)19(23)26)20(27)28-12(2)17(24)22-14-9-7-13(21)8-10-14/h7-12,15-16H,3-6H2,1-2H3,(H,22,24)/t11-,12+,15-,16-/m0/s1. The van der Waals surface area contributed by atoms with Crippen LogP contribution in [0.25, 0.3) is 0 Å². The molecule has 7 nitrogen and oxygen atoms in total. The van der Waals surface area contributed by atoms with E-state index in [9.17, 15) is 23.6 Å². The van der Waals surface area contributed by atoms with Crippen molar-refractivity contribution in [3.8, 4) is 0 Å². The fourth-order valence-electron chi connectivity index (χ4n) is 3.78. The van der Waals surface area contributed by atoms with Crippen LogP contribution in [-0.4, -0.2) is 40.7 Å². The Kier molecular flexibility index (Phi) is 5.76. The molecule has 2 aliphatic rings. The predicted octanol–water partition coefficient (Wildman–Crippen LogP) is 2.26. The predicted molar refractivity (Wildman–Crippen MR) is 97.3 cm³/mol. The Morgan fingerprint density at radius 1 is 1.07 bits per heavy atom. The van der Waals surface area contributed by atoms with Crippen LogP contribution in [0.1, 0.15) is 39.5 Å². The Labute approximate surface area is 162 Å². The minimum Gasteiger partial charge on any atom is -0.451 e. The summed E-state index contributed by atoms with van der Waals surface area (Å²) < 4.78 is 18.1. The van der Waals surface area contributed by atoms with Crippen molar-refractivity contribution < 1.29 is 28.3 Å². The van der Waals surface area contributed by atoms with Gasteiger partial charge < -0.3 is 10.1 Å². The zero-order chi connectivity index (χ0) is 20.4. The highest BCUT2D eigenvalue weighted by molar-refractivity contribution is 6.08. The number of carbonyl (C=O) groups excluding carboxylic acids is 4. The lowest BCUT2D eigenvalue weighted by molar-refractivity contribution is -0.163. The lowest BCUT2D eigenvalue weighted by Crippen LogP contribution is -2.46. The highest BCUT2D eigenvalue weighted by Crippen LogP contribution is 2.38. The van der Waals surface area contributed by atoms with Gasteiger partial charge in [0.1, 0.15) is 11.9 Å². The van der Waals surface area contributed by atoms with E-state index in [-0.39, 0.29) is 23.7 Å². The molecule has 0 spiro atoms. The van der Waals surface area contributed by atoms with Crippen LogP contribution in [0.4, 0.5) is 10.1 Å². The van der Waals surface area contributed by atoms with E-state index in [2.05, 4.69) is 5.32 Å². The second kappa shape index (κ2) is 8.08. The largest absolute Gasteiger partial charge is 0.451 e. The van der Waals surface area contributed by atoms with E-state index in [0.29, 0.717) is 18.5 Å². The molecule has 0 aromatic heterocycles. The molecule has 150 valence electrons. The third-order valence-corrected chi connectivity index (χ3v) is 5.38. The summed E-state index contributed by atoms with van der Waals surface area (Å²) in [7, 11) is 0. The number of likely N-dealkylation sites (tertiary alicyclic amines) is 1. The Morgan fingerprint density at radius 2 is 1.61 bits per heavy atom. The summed E-state index contributed by atoms with van der Waals surface area (Å²) >= 11 is 0. The molecule has 2 fully saturated rings. The first kappa shape index (κ1) is 20.0. The van der Waals surface area contributed by atoms with Crippen molar-refractivity contribution in [1.29, 1.82) is 0 Å². The molecule has 0 radical (unpaired) electrons. The van der Waals surface area contributed by atoms with Gasteiger partial charge in [-0.25, -0.2) is 9.18 Å². The number of hydrogen-bond donors (Lipinski definition) is 1. The fourth-order valence-corrected chi connectivity index (χ4v) is 3.78. The second-order valence-electron chi connectivity index (χ2n) is 7.30. The van der Waals surface area contributed by atoms with Gasteiger partial charge in [0.2, 0.25) is 11.8 Å². The van der Waals surface area contributed by atoms with Crippen molar-refractivity contribution in [3.63, 3.8) is 0 Å². The van der Waals surface area contributed by atoms with E-state index in [0.717, 1.165) is 17.7 Å². The van der Waals surface area contributed by atoms with Gasteiger partial charge in [0, 0.05) is 5.69 Å². The van der Waals surface area contributed by atoms with Crippen LogP contribution in [0.3, 0.4) is 0 Å². The first-order chi connectivity index (χ1) is 13.3. The van der Waals surface area contributed by atoms with E-state index >= 15 is 0 Å². The van der Waals surface area contributed by atoms with Gasteiger partial charge in [-0.1, -0.05) is 12.8 Å². The van der Waals surface area contributed by atoms with Crippen LogP contribution < -0.4 is 5.32 Å². The average molecular weight is 390 g/mol. The molecule has 1 N–H and O–H groups in total. The summed E-state index contributed by atoms with van der Waals surface area (Å²) in [4.78, 5) is 50.8. The maximum Gasteiger partial charge on any atom is 0.329 e. The summed E-state index contributed by atoms with van der Waals surface area (Å²) in [5.41, 5.74) is 0.358. The number of esters is 1. The Hall–Kier alpha value is -2.77. The summed E-state index contributed by atoms with van der Waals surface area (Å²) in [5, 5.41) is 2.51. The third-order valence-electron chi connectivity index (χ3n) is 5.38. The van der Waals surface area contributed by atoms with Crippen molar-refractivity contribution in [2.75, 3.05) is 5.32 Å². The molecule has 3 rings (SSSR count). The highest BCUT2D eigenvalue weighted by Gasteiger charge is 2.51. The number of nitrogens with zero attached hydrogens (tertiary/aromatic N) is 1. The molecule has 0 bridgehead atoms. The van der Waals surface area contributed by atoms with Crippen LogP contribution in [0, 0.1) is 17.7 Å². The first-order valence-corrected chi connectivity index (χ1v) is 9.43. The Morgan fingerprint density at radius 3 is 2.14 bits per heavy atom. The van der Waals surface area contributed by atoms with E-state index in [1.807, 2.05) is 0 Å². The topological polar surface area (TPSA) is 92.8 Å². The number of fused-ring (bicyclic) bond motifs is 1. The number of imide groups is 1. The van der Waals surface area contributed by atoms with E-state index < -0.39 is 29.8 Å². The van der Waals surface area contributed by atoms with Gasteiger partial charge in [-0.15, -0.1) is 0 Å². The molecule has 1 aromatic rings. The molecule has 1 aromatic carbocycles. The van der Waals surface area contributed by atoms with Gasteiger partial charge in [-0.2, -0.15) is 0 Å². The summed E-state index contributed by atoms with van der Waals surface area (Å²) in [6.07, 6.45) is 1.96. The molecule has 0 unspecified atom stereocenters. The number of ether oxygens (including phenoxy) is 1. The van der Waals surface area contributed by atoms with Crippen molar-refractivity contribution >= 4 is 29.4 Å². The van der Waals surface area contributed by atoms with Crippen LogP contribution in [0.5, 0.6) is 0 Å². The molecule has 1 saturated carbocycles. The second-order valence-corrected chi connectivity index (χ2v) is 7.30. The number of rotatable bonds is 5. The normalized spacial score (nSPS) is 23.8. The fraction of sp³-hybridized carbons (Fsp3) is 0.500. The molecule has 8 heteroatoms. The highest BCUT2D eigenvalue weighted by atomic mass is 19.1. The van der Waals surface area contributed by atoms with Crippen LogP contribution >= 0.6 is 0 Å². The lowest BCUT2D eigenvalue weighted by atomic mass is 9.81. The summed E-state index contributed by atoms with van der Waals surface area (Å²) in [6, 6.07) is 4.06.